The van der Waals surface area contributed by atoms with Gasteiger partial charge in [0.15, 0.2) is 0 Å². The van der Waals surface area contributed by atoms with Crippen molar-refractivity contribution in [2.75, 3.05) is 18.5 Å². The van der Waals surface area contributed by atoms with Gasteiger partial charge in [-0.3, -0.25) is 0 Å². The monoisotopic (exact) mass is 364 g/mol. The van der Waals surface area contributed by atoms with Crippen molar-refractivity contribution in [2.45, 2.75) is 19.0 Å². The van der Waals surface area contributed by atoms with Crippen molar-refractivity contribution in [3.63, 3.8) is 0 Å². The van der Waals surface area contributed by atoms with E-state index in [1.54, 1.807) is 11.9 Å². The van der Waals surface area contributed by atoms with Crippen LogP contribution in [0, 0.1) is 0 Å². The van der Waals surface area contributed by atoms with Gasteiger partial charge < -0.3 is 4.90 Å². The van der Waals surface area contributed by atoms with E-state index in [0.717, 1.165) is 17.7 Å². The minimum absolute atomic E-state index is 0.00888. The van der Waals surface area contributed by atoms with Crippen LogP contribution in [0.5, 0.6) is 0 Å². The van der Waals surface area contributed by atoms with E-state index in [0.29, 0.717) is 25.3 Å². The normalized spacial score (nSPS) is 11.6. The highest BCUT2D eigenvalue weighted by molar-refractivity contribution is 6.31. The molecule has 9 heteroatoms. The summed E-state index contributed by atoms with van der Waals surface area (Å²) in [5, 5.41) is 0.0178. The molecule has 2 aromatic rings. The zero-order valence-corrected chi connectivity index (χ0v) is 13.6. The van der Waals surface area contributed by atoms with Gasteiger partial charge in [0.25, 0.3) is 0 Å². The largest absolute Gasteiger partial charge is 0.416 e. The molecule has 0 bridgehead atoms. The first-order chi connectivity index (χ1) is 10.8. The Morgan fingerprint density at radius 1 is 1.00 bits per heavy atom. The molecule has 0 N–H and O–H groups in total. The summed E-state index contributed by atoms with van der Waals surface area (Å²) in [4.78, 5) is 13.3. The summed E-state index contributed by atoms with van der Waals surface area (Å²) in [6.07, 6.45) is -2.96. The van der Waals surface area contributed by atoms with E-state index in [1.165, 1.54) is 12.1 Å². The fourth-order valence-corrected chi connectivity index (χ4v) is 2.32. The third kappa shape index (κ3) is 5.21. The van der Waals surface area contributed by atoms with Crippen LogP contribution in [0.4, 0.5) is 19.1 Å². The lowest BCUT2D eigenvalue weighted by Crippen LogP contribution is -2.22. The minimum Gasteiger partial charge on any atom is -0.344 e. The molecule has 0 aliphatic carbocycles. The van der Waals surface area contributed by atoms with E-state index in [2.05, 4.69) is 15.0 Å². The summed E-state index contributed by atoms with van der Waals surface area (Å²) in [5.41, 5.74) is 0.186. The third-order valence-electron chi connectivity index (χ3n) is 3.15. The van der Waals surface area contributed by atoms with Crippen molar-refractivity contribution in [1.82, 2.24) is 15.0 Å². The van der Waals surface area contributed by atoms with Crippen molar-refractivity contribution in [2.24, 2.45) is 0 Å². The zero-order chi connectivity index (χ0) is 17.0. The molecule has 0 saturated carbocycles. The van der Waals surface area contributed by atoms with Crippen molar-refractivity contribution in [3.8, 4) is 0 Å². The number of anilines is 1. The van der Waals surface area contributed by atoms with Gasteiger partial charge in [0, 0.05) is 13.6 Å². The van der Waals surface area contributed by atoms with E-state index in [4.69, 9.17) is 23.2 Å². The Bertz CT molecular complexity index is 642. The Balaban J connectivity index is 1.89. The van der Waals surface area contributed by atoms with Gasteiger partial charge in [-0.25, -0.2) is 0 Å². The molecule has 0 fully saturated rings. The van der Waals surface area contributed by atoms with Gasteiger partial charge in [0.2, 0.25) is 16.5 Å². The number of aryl methyl sites for hydroxylation is 1. The summed E-state index contributed by atoms with van der Waals surface area (Å²) in [6.45, 7) is 0.595. The van der Waals surface area contributed by atoms with Crippen LogP contribution in [0.3, 0.4) is 0 Å². The molecule has 1 heterocycles. The smallest absolute Gasteiger partial charge is 0.344 e. The van der Waals surface area contributed by atoms with Crippen molar-refractivity contribution in [1.29, 1.82) is 0 Å². The Labute approximate surface area is 141 Å². The molecular weight excluding hydrogens is 352 g/mol. The van der Waals surface area contributed by atoms with Gasteiger partial charge in [-0.05, 0) is 53.7 Å². The maximum absolute atomic E-state index is 12.5. The molecule has 0 unspecified atom stereocenters. The first-order valence-electron chi connectivity index (χ1n) is 6.70. The molecule has 23 heavy (non-hydrogen) atoms. The van der Waals surface area contributed by atoms with Gasteiger partial charge in [0.05, 0.1) is 5.56 Å². The molecule has 1 aromatic carbocycles. The number of rotatable bonds is 5. The van der Waals surface area contributed by atoms with Crippen molar-refractivity contribution in [3.05, 3.63) is 46.0 Å². The summed E-state index contributed by atoms with van der Waals surface area (Å²) in [6, 6.07) is 5.15. The molecule has 0 spiro atoms. The molecule has 0 aliphatic rings. The van der Waals surface area contributed by atoms with E-state index in [1.807, 2.05) is 0 Å². The Hall–Kier alpha value is -1.60. The predicted molar refractivity (Wildman–Crippen MR) is 82.9 cm³/mol. The molecule has 4 nitrogen and oxygen atoms in total. The maximum Gasteiger partial charge on any atom is 0.416 e. The summed E-state index contributed by atoms with van der Waals surface area (Å²) in [7, 11) is 1.77. The number of nitrogens with zero attached hydrogens (tertiary/aromatic N) is 4. The summed E-state index contributed by atoms with van der Waals surface area (Å²) in [5.74, 6) is 0.349. The molecule has 124 valence electrons. The fourth-order valence-electron chi connectivity index (χ4n) is 1.97. The predicted octanol–water partition coefficient (Wildman–Crippen LogP) is 4.27. The molecule has 2 rings (SSSR count). The van der Waals surface area contributed by atoms with Crippen LogP contribution in [0.15, 0.2) is 24.3 Å². The van der Waals surface area contributed by atoms with Crippen LogP contribution in [-0.4, -0.2) is 28.5 Å². The lowest BCUT2D eigenvalue weighted by Gasteiger charge is -2.16. The topological polar surface area (TPSA) is 41.9 Å². The average Bonchev–Trinajstić information content (AvgIpc) is 2.45. The summed E-state index contributed by atoms with van der Waals surface area (Å²) < 4.78 is 37.4. The SMILES string of the molecule is CN(CCCc1ccc(C(F)(F)F)cc1)c1nc(Cl)nc(Cl)n1. The number of alkyl halides is 3. The molecular formula is C14H13Cl2F3N4. The van der Waals surface area contributed by atoms with Crippen LogP contribution in [-0.2, 0) is 12.6 Å². The van der Waals surface area contributed by atoms with Crippen LogP contribution >= 0.6 is 23.2 Å². The van der Waals surface area contributed by atoms with Crippen molar-refractivity contribution >= 4 is 29.2 Å². The van der Waals surface area contributed by atoms with Crippen molar-refractivity contribution < 1.29 is 13.2 Å². The first-order valence-corrected chi connectivity index (χ1v) is 7.45. The van der Waals surface area contributed by atoms with Gasteiger partial charge >= 0.3 is 6.18 Å². The maximum atomic E-state index is 12.5. The van der Waals surface area contributed by atoms with Gasteiger partial charge in [-0.15, -0.1) is 0 Å². The summed E-state index contributed by atoms with van der Waals surface area (Å²) >= 11 is 11.4. The Morgan fingerprint density at radius 2 is 1.57 bits per heavy atom. The molecule has 0 radical (unpaired) electrons. The second-order valence-electron chi connectivity index (χ2n) is 4.89. The van der Waals surface area contributed by atoms with E-state index in [-0.39, 0.29) is 10.6 Å². The fraction of sp³-hybridized carbons (Fsp3) is 0.357. The molecule has 0 aliphatic heterocycles. The van der Waals surface area contributed by atoms with E-state index in [9.17, 15) is 13.2 Å². The standard InChI is InChI=1S/C14H13Cl2F3N4/c1-23(13-21-11(15)20-12(16)22-13)8-2-3-9-4-6-10(7-5-9)14(17,18)19/h4-7H,2-3,8H2,1H3. The highest BCUT2D eigenvalue weighted by atomic mass is 35.5. The highest BCUT2D eigenvalue weighted by Crippen LogP contribution is 2.29. The van der Waals surface area contributed by atoms with Crippen LogP contribution in [0.2, 0.25) is 10.6 Å². The van der Waals surface area contributed by atoms with E-state index >= 15 is 0 Å². The van der Waals surface area contributed by atoms with Crippen LogP contribution in [0.1, 0.15) is 17.5 Å². The third-order valence-corrected chi connectivity index (χ3v) is 3.49. The van der Waals surface area contributed by atoms with Gasteiger partial charge in [-0.1, -0.05) is 12.1 Å². The number of hydrogen-bond donors (Lipinski definition) is 0. The second kappa shape index (κ2) is 7.31. The Morgan fingerprint density at radius 3 is 2.09 bits per heavy atom. The van der Waals surface area contributed by atoms with Crippen LogP contribution in [0.25, 0.3) is 0 Å². The van der Waals surface area contributed by atoms with Gasteiger partial charge in [-0.2, -0.15) is 28.1 Å². The zero-order valence-electron chi connectivity index (χ0n) is 12.1. The quantitative estimate of drug-likeness (QED) is 0.794. The molecule has 1 aromatic heterocycles. The number of aromatic nitrogens is 3. The molecule has 0 atom stereocenters. The number of halogens is 5. The lowest BCUT2D eigenvalue weighted by atomic mass is 10.1. The van der Waals surface area contributed by atoms with E-state index < -0.39 is 11.7 Å². The number of benzene rings is 1. The molecule has 0 saturated heterocycles. The van der Waals surface area contributed by atoms with Gasteiger partial charge in [0.1, 0.15) is 0 Å². The Kier molecular flexibility index (Phi) is 5.64. The van der Waals surface area contributed by atoms with Crippen LogP contribution < -0.4 is 4.90 Å². The highest BCUT2D eigenvalue weighted by Gasteiger charge is 2.29. The average molecular weight is 365 g/mol. The first kappa shape index (κ1) is 17.7. The molecule has 0 amide bonds. The number of hydrogen-bond acceptors (Lipinski definition) is 4. The minimum atomic E-state index is -4.31. The second-order valence-corrected chi connectivity index (χ2v) is 5.57. The lowest BCUT2D eigenvalue weighted by molar-refractivity contribution is -0.137.